The van der Waals surface area contributed by atoms with Crippen LogP contribution in [0.1, 0.15) is 37.5 Å². The first-order chi connectivity index (χ1) is 11.3. The van der Waals surface area contributed by atoms with Gasteiger partial charge in [-0.2, -0.15) is 0 Å². The van der Waals surface area contributed by atoms with Crippen molar-refractivity contribution in [1.82, 2.24) is 4.98 Å². The Hall–Kier alpha value is -2.35. The number of fused-ring (bicyclic) bond motifs is 1. The summed E-state index contributed by atoms with van der Waals surface area (Å²) in [5, 5.41) is 1.12. The number of nitrogens with zero attached hydrogens (tertiary/aromatic N) is 1. The first-order valence-corrected chi connectivity index (χ1v) is 8.36. The summed E-state index contributed by atoms with van der Waals surface area (Å²) in [7, 11) is 1.71. The van der Waals surface area contributed by atoms with Crippen LogP contribution in [0.2, 0.25) is 0 Å². The normalized spacial score (nSPS) is 11.8. The van der Waals surface area contributed by atoms with Gasteiger partial charge >= 0.3 is 0 Å². The van der Waals surface area contributed by atoms with E-state index >= 15 is 0 Å². The molecule has 0 aliphatic carbocycles. The average Bonchev–Trinajstić information content (AvgIpc) is 2.51. The smallest absolute Gasteiger partial charge is 0.145 e. The second kappa shape index (κ2) is 5.94. The van der Waals surface area contributed by atoms with Gasteiger partial charge in [0.1, 0.15) is 11.4 Å². The first-order valence-electron chi connectivity index (χ1n) is 8.36. The van der Waals surface area contributed by atoms with Crippen molar-refractivity contribution in [2.24, 2.45) is 0 Å². The van der Waals surface area contributed by atoms with Crippen LogP contribution in [0.3, 0.4) is 0 Å². The summed E-state index contributed by atoms with van der Waals surface area (Å²) in [6.07, 6.45) is 0. The standard InChI is InChI=1S/C22H25NO/c1-14-9-15(2)11-17(10-14)21-20(24-6)13-16-12-18(22(3,4)5)7-8-19(16)23-21/h7-13H,1-6H3. The summed E-state index contributed by atoms with van der Waals surface area (Å²) in [5.41, 5.74) is 6.89. The quantitative estimate of drug-likeness (QED) is 0.593. The van der Waals surface area contributed by atoms with Gasteiger partial charge in [0.05, 0.1) is 12.6 Å². The largest absolute Gasteiger partial charge is 0.494 e. The zero-order valence-electron chi connectivity index (χ0n) is 15.4. The molecule has 0 fully saturated rings. The van der Waals surface area contributed by atoms with E-state index in [1.165, 1.54) is 16.7 Å². The molecule has 2 heteroatoms. The molecule has 0 bridgehead atoms. The molecule has 0 saturated carbocycles. The Morgan fingerprint density at radius 2 is 1.54 bits per heavy atom. The molecule has 3 rings (SSSR count). The molecule has 124 valence electrons. The van der Waals surface area contributed by atoms with E-state index in [1.54, 1.807) is 7.11 Å². The van der Waals surface area contributed by atoms with Crippen molar-refractivity contribution in [2.75, 3.05) is 7.11 Å². The maximum atomic E-state index is 5.65. The van der Waals surface area contributed by atoms with Crippen molar-refractivity contribution in [1.29, 1.82) is 0 Å². The minimum atomic E-state index is 0.119. The van der Waals surface area contributed by atoms with Crippen molar-refractivity contribution in [3.63, 3.8) is 0 Å². The SMILES string of the molecule is COc1cc2cc(C(C)(C)C)ccc2nc1-c1cc(C)cc(C)c1. The van der Waals surface area contributed by atoms with E-state index in [2.05, 4.69) is 77.1 Å². The lowest BCUT2D eigenvalue weighted by molar-refractivity contribution is 0.415. The molecular formula is C22H25NO. The number of benzene rings is 2. The number of aryl methyl sites for hydroxylation is 2. The van der Waals surface area contributed by atoms with E-state index in [-0.39, 0.29) is 5.41 Å². The second-order valence-corrected chi connectivity index (χ2v) is 7.57. The molecule has 0 atom stereocenters. The van der Waals surface area contributed by atoms with Gasteiger partial charge in [-0.1, -0.05) is 44.0 Å². The minimum Gasteiger partial charge on any atom is -0.494 e. The van der Waals surface area contributed by atoms with Gasteiger partial charge in [0, 0.05) is 10.9 Å². The van der Waals surface area contributed by atoms with Crippen molar-refractivity contribution in [3.05, 3.63) is 59.2 Å². The topological polar surface area (TPSA) is 22.1 Å². The van der Waals surface area contributed by atoms with Gasteiger partial charge < -0.3 is 4.74 Å². The lowest BCUT2D eigenvalue weighted by Crippen LogP contribution is -2.10. The van der Waals surface area contributed by atoms with Crippen LogP contribution >= 0.6 is 0 Å². The minimum absolute atomic E-state index is 0.119. The fourth-order valence-electron chi connectivity index (χ4n) is 3.10. The highest BCUT2D eigenvalue weighted by molar-refractivity contribution is 5.86. The Bertz CT molecular complexity index is 883. The number of methoxy groups -OCH3 is 1. The molecule has 0 unspecified atom stereocenters. The Kier molecular flexibility index (Phi) is 4.08. The summed E-state index contributed by atoms with van der Waals surface area (Å²) < 4.78 is 5.65. The van der Waals surface area contributed by atoms with E-state index in [0.717, 1.165) is 27.9 Å². The molecular weight excluding hydrogens is 294 g/mol. The number of rotatable bonds is 2. The van der Waals surface area contributed by atoms with Crippen molar-refractivity contribution >= 4 is 10.9 Å². The molecule has 2 aromatic carbocycles. The van der Waals surface area contributed by atoms with E-state index < -0.39 is 0 Å². The predicted octanol–water partition coefficient (Wildman–Crippen LogP) is 5.82. The summed E-state index contributed by atoms with van der Waals surface area (Å²) in [6.45, 7) is 10.9. The van der Waals surface area contributed by atoms with Crippen LogP contribution in [-0.4, -0.2) is 12.1 Å². The maximum absolute atomic E-state index is 5.65. The fraction of sp³-hybridized carbons (Fsp3) is 0.318. The molecule has 0 N–H and O–H groups in total. The monoisotopic (exact) mass is 319 g/mol. The third-order valence-electron chi connectivity index (χ3n) is 4.36. The third kappa shape index (κ3) is 3.14. The molecule has 2 nitrogen and oxygen atoms in total. The molecule has 0 spiro atoms. The van der Waals surface area contributed by atoms with Crippen LogP contribution in [0.5, 0.6) is 5.75 Å². The van der Waals surface area contributed by atoms with E-state index in [1.807, 2.05) is 0 Å². The Morgan fingerprint density at radius 1 is 0.875 bits per heavy atom. The molecule has 0 saturated heterocycles. The van der Waals surface area contributed by atoms with Crippen molar-refractivity contribution in [3.8, 4) is 17.0 Å². The number of hydrogen-bond donors (Lipinski definition) is 0. The van der Waals surface area contributed by atoms with Crippen molar-refractivity contribution in [2.45, 2.75) is 40.0 Å². The molecule has 0 amide bonds. The highest BCUT2D eigenvalue weighted by atomic mass is 16.5. The van der Waals surface area contributed by atoms with Gasteiger partial charge in [-0.05, 0) is 55.2 Å². The zero-order chi connectivity index (χ0) is 17.5. The highest BCUT2D eigenvalue weighted by Gasteiger charge is 2.16. The lowest BCUT2D eigenvalue weighted by atomic mass is 9.86. The van der Waals surface area contributed by atoms with Crippen LogP contribution < -0.4 is 4.74 Å². The Labute approximate surface area is 144 Å². The summed E-state index contributed by atoms with van der Waals surface area (Å²) in [5.74, 6) is 0.818. The predicted molar refractivity (Wildman–Crippen MR) is 102 cm³/mol. The molecule has 3 aromatic rings. The fourth-order valence-corrected chi connectivity index (χ4v) is 3.10. The highest BCUT2D eigenvalue weighted by Crippen LogP contribution is 2.34. The van der Waals surface area contributed by atoms with E-state index in [4.69, 9.17) is 9.72 Å². The van der Waals surface area contributed by atoms with Gasteiger partial charge in [0.2, 0.25) is 0 Å². The van der Waals surface area contributed by atoms with Gasteiger partial charge in [0.25, 0.3) is 0 Å². The molecule has 0 radical (unpaired) electrons. The molecule has 24 heavy (non-hydrogen) atoms. The number of aromatic nitrogens is 1. The molecule has 1 aromatic heterocycles. The summed E-state index contributed by atoms with van der Waals surface area (Å²) >= 11 is 0. The Morgan fingerprint density at radius 3 is 2.12 bits per heavy atom. The maximum Gasteiger partial charge on any atom is 0.145 e. The first kappa shape index (κ1) is 16.5. The average molecular weight is 319 g/mol. The van der Waals surface area contributed by atoms with Gasteiger partial charge in [-0.25, -0.2) is 4.98 Å². The van der Waals surface area contributed by atoms with Gasteiger partial charge in [0.15, 0.2) is 0 Å². The number of ether oxygens (including phenoxy) is 1. The van der Waals surface area contributed by atoms with E-state index in [9.17, 15) is 0 Å². The second-order valence-electron chi connectivity index (χ2n) is 7.57. The number of hydrogen-bond acceptors (Lipinski definition) is 2. The Balaban J connectivity index is 2.22. The van der Waals surface area contributed by atoms with Gasteiger partial charge in [-0.15, -0.1) is 0 Å². The van der Waals surface area contributed by atoms with Crippen LogP contribution in [-0.2, 0) is 5.41 Å². The summed E-state index contributed by atoms with van der Waals surface area (Å²) in [6, 6.07) is 15.1. The van der Waals surface area contributed by atoms with Crippen LogP contribution in [0.25, 0.3) is 22.2 Å². The van der Waals surface area contributed by atoms with Crippen LogP contribution in [0, 0.1) is 13.8 Å². The van der Waals surface area contributed by atoms with Crippen LogP contribution in [0.4, 0.5) is 0 Å². The zero-order valence-corrected chi connectivity index (χ0v) is 15.4. The number of pyridine rings is 1. The molecule has 1 heterocycles. The van der Waals surface area contributed by atoms with E-state index in [0.29, 0.717) is 0 Å². The lowest BCUT2D eigenvalue weighted by Gasteiger charge is -2.20. The molecule has 0 aliphatic heterocycles. The third-order valence-corrected chi connectivity index (χ3v) is 4.36. The van der Waals surface area contributed by atoms with Crippen LogP contribution in [0.15, 0.2) is 42.5 Å². The van der Waals surface area contributed by atoms with Gasteiger partial charge in [-0.3, -0.25) is 0 Å². The summed E-state index contributed by atoms with van der Waals surface area (Å²) in [4.78, 5) is 4.90. The molecule has 0 aliphatic rings. The van der Waals surface area contributed by atoms with Crippen molar-refractivity contribution < 1.29 is 4.74 Å².